The van der Waals surface area contributed by atoms with E-state index in [4.69, 9.17) is 0 Å². The number of Topliss-reactive ketones (excluding diaryl/α,β-unsaturated/α-hetero) is 1. The first-order valence-electron chi connectivity index (χ1n) is 7.10. The molecule has 1 aromatic carbocycles. The number of ketones is 1. The van der Waals surface area contributed by atoms with E-state index in [1.54, 1.807) is 12.1 Å². The van der Waals surface area contributed by atoms with Crippen LogP contribution in [0.15, 0.2) is 24.3 Å². The Balaban J connectivity index is 1.95. The molecule has 20 heavy (non-hydrogen) atoms. The van der Waals surface area contributed by atoms with E-state index < -0.39 is 4.92 Å². The van der Waals surface area contributed by atoms with Gasteiger partial charge in [-0.05, 0) is 25.3 Å². The maximum atomic E-state index is 12.2. The Morgan fingerprint density at radius 2 is 2.30 bits per heavy atom. The van der Waals surface area contributed by atoms with E-state index in [0.29, 0.717) is 18.0 Å². The highest BCUT2D eigenvalue weighted by Crippen LogP contribution is 2.21. The van der Waals surface area contributed by atoms with Crippen LogP contribution in [0, 0.1) is 16.0 Å². The molecule has 5 heteroatoms. The Labute approximate surface area is 118 Å². The van der Waals surface area contributed by atoms with Gasteiger partial charge in [-0.15, -0.1) is 0 Å². The third kappa shape index (κ3) is 3.63. The number of likely N-dealkylation sites (tertiary alicyclic amines) is 1. The number of non-ortho nitro benzene ring substituents is 1. The van der Waals surface area contributed by atoms with Gasteiger partial charge in [-0.3, -0.25) is 19.8 Å². The second kappa shape index (κ2) is 6.61. The molecule has 5 nitrogen and oxygen atoms in total. The molecule has 0 saturated carbocycles. The second-order valence-electron chi connectivity index (χ2n) is 5.41. The quantitative estimate of drug-likeness (QED) is 0.455. The summed E-state index contributed by atoms with van der Waals surface area (Å²) >= 11 is 0. The molecule has 1 aliphatic heterocycles. The van der Waals surface area contributed by atoms with Gasteiger partial charge in [0.15, 0.2) is 5.78 Å². The number of nitrogens with zero attached hydrogens (tertiary/aromatic N) is 2. The molecule has 0 bridgehead atoms. The molecule has 1 unspecified atom stereocenters. The summed E-state index contributed by atoms with van der Waals surface area (Å²) in [5, 5.41) is 10.7. The highest BCUT2D eigenvalue weighted by Gasteiger charge is 2.24. The minimum absolute atomic E-state index is 0.0267. The maximum Gasteiger partial charge on any atom is 0.270 e. The first-order chi connectivity index (χ1) is 9.60. The molecule has 1 heterocycles. The van der Waals surface area contributed by atoms with Gasteiger partial charge >= 0.3 is 0 Å². The van der Waals surface area contributed by atoms with Crippen molar-refractivity contribution in [1.29, 1.82) is 0 Å². The van der Waals surface area contributed by atoms with E-state index in [9.17, 15) is 14.9 Å². The number of hydrogen-bond acceptors (Lipinski definition) is 4. The third-order valence-corrected chi connectivity index (χ3v) is 3.81. The van der Waals surface area contributed by atoms with E-state index >= 15 is 0 Å². The zero-order valence-electron chi connectivity index (χ0n) is 11.7. The molecule has 1 aromatic rings. The Morgan fingerprint density at radius 1 is 1.50 bits per heavy atom. The molecule has 108 valence electrons. The second-order valence-corrected chi connectivity index (χ2v) is 5.41. The predicted octanol–water partition coefficient (Wildman–Crippen LogP) is 2.90. The van der Waals surface area contributed by atoms with Gasteiger partial charge in [-0.2, -0.15) is 0 Å². The van der Waals surface area contributed by atoms with Crippen molar-refractivity contribution in [3.63, 3.8) is 0 Å². The molecular formula is C15H20N2O3. The minimum atomic E-state index is -0.468. The summed E-state index contributed by atoms with van der Waals surface area (Å²) in [7, 11) is 0. The van der Waals surface area contributed by atoms with Crippen molar-refractivity contribution in [3.8, 4) is 0 Å². The van der Waals surface area contributed by atoms with Crippen LogP contribution in [0.2, 0.25) is 0 Å². The van der Waals surface area contributed by atoms with Crippen molar-refractivity contribution in [2.75, 3.05) is 19.6 Å². The van der Waals surface area contributed by atoms with Gasteiger partial charge in [0.1, 0.15) is 0 Å². The van der Waals surface area contributed by atoms with Crippen LogP contribution in [-0.4, -0.2) is 35.2 Å². The van der Waals surface area contributed by atoms with Gasteiger partial charge in [0, 0.05) is 24.2 Å². The average molecular weight is 276 g/mol. The third-order valence-electron chi connectivity index (χ3n) is 3.81. The number of hydrogen-bond donors (Lipinski definition) is 0. The highest BCUT2D eigenvalue weighted by molar-refractivity contribution is 5.98. The fraction of sp³-hybridized carbons (Fsp3) is 0.533. The zero-order valence-corrected chi connectivity index (χ0v) is 11.7. The molecule has 0 aromatic heterocycles. The fourth-order valence-corrected chi connectivity index (χ4v) is 2.79. The normalized spacial score (nSPS) is 19.1. The Kier molecular flexibility index (Phi) is 4.84. The molecular weight excluding hydrogens is 256 g/mol. The van der Waals surface area contributed by atoms with Crippen molar-refractivity contribution in [2.45, 2.75) is 26.2 Å². The van der Waals surface area contributed by atoms with Crippen LogP contribution in [0.3, 0.4) is 0 Å². The lowest BCUT2D eigenvalue weighted by atomic mass is 10.0. The van der Waals surface area contributed by atoms with Crippen molar-refractivity contribution >= 4 is 11.5 Å². The Bertz CT molecular complexity index is 502. The van der Waals surface area contributed by atoms with Crippen LogP contribution in [0.1, 0.15) is 36.5 Å². The maximum absolute atomic E-state index is 12.2. The molecule has 0 spiro atoms. The van der Waals surface area contributed by atoms with E-state index in [1.165, 1.54) is 25.0 Å². The molecule has 1 saturated heterocycles. The number of carbonyl (C=O) groups excluding carboxylic acids is 1. The Hall–Kier alpha value is -1.75. The zero-order chi connectivity index (χ0) is 14.5. The summed E-state index contributed by atoms with van der Waals surface area (Å²) < 4.78 is 0. The summed E-state index contributed by atoms with van der Waals surface area (Å²) in [5.74, 6) is 0.656. The standard InChI is InChI=1S/C15H20N2O3/c1-2-4-12-7-8-16(10-12)11-15(18)13-5-3-6-14(9-13)17(19)20/h3,5-6,9,12H,2,4,7-8,10-11H2,1H3. The average Bonchev–Trinajstić information content (AvgIpc) is 2.86. The van der Waals surface area contributed by atoms with Crippen molar-refractivity contribution in [2.24, 2.45) is 5.92 Å². The number of nitro groups is 1. The number of rotatable bonds is 6. The smallest absolute Gasteiger partial charge is 0.270 e. The first-order valence-corrected chi connectivity index (χ1v) is 7.10. The molecule has 0 N–H and O–H groups in total. The van der Waals surface area contributed by atoms with E-state index in [1.807, 2.05) is 0 Å². The first kappa shape index (κ1) is 14.7. The van der Waals surface area contributed by atoms with Crippen molar-refractivity contribution in [1.82, 2.24) is 4.90 Å². The van der Waals surface area contributed by atoms with Crippen molar-refractivity contribution in [3.05, 3.63) is 39.9 Å². The lowest BCUT2D eigenvalue weighted by molar-refractivity contribution is -0.384. The van der Waals surface area contributed by atoms with Gasteiger partial charge in [0.25, 0.3) is 5.69 Å². The van der Waals surface area contributed by atoms with E-state index in [-0.39, 0.29) is 11.5 Å². The molecule has 1 fully saturated rings. The molecule has 2 rings (SSSR count). The lowest BCUT2D eigenvalue weighted by Crippen LogP contribution is -2.27. The van der Waals surface area contributed by atoms with Gasteiger partial charge in [-0.1, -0.05) is 25.5 Å². The number of carbonyl (C=O) groups is 1. The largest absolute Gasteiger partial charge is 0.296 e. The topological polar surface area (TPSA) is 63.5 Å². The van der Waals surface area contributed by atoms with Crippen molar-refractivity contribution < 1.29 is 9.72 Å². The Morgan fingerprint density at radius 3 is 3.00 bits per heavy atom. The van der Waals surface area contributed by atoms with Crippen LogP contribution in [0.4, 0.5) is 5.69 Å². The van der Waals surface area contributed by atoms with E-state index in [2.05, 4.69) is 11.8 Å². The van der Waals surface area contributed by atoms with Gasteiger partial charge in [0.2, 0.25) is 0 Å². The molecule has 0 aliphatic carbocycles. The van der Waals surface area contributed by atoms with Crippen LogP contribution in [0.5, 0.6) is 0 Å². The fourth-order valence-electron chi connectivity index (χ4n) is 2.79. The summed E-state index contributed by atoms with van der Waals surface area (Å²) in [5.41, 5.74) is 0.402. The summed E-state index contributed by atoms with van der Waals surface area (Å²) in [6.07, 6.45) is 3.54. The monoisotopic (exact) mass is 276 g/mol. The van der Waals surface area contributed by atoms with Crippen LogP contribution < -0.4 is 0 Å². The highest BCUT2D eigenvalue weighted by atomic mass is 16.6. The molecule has 0 radical (unpaired) electrons. The van der Waals surface area contributed by atoms with Gasteiger partial charge in [-0.25, -0.2) is 0 Å². The van der Waals surface area contributed by atoms with Crippen LogP contribution in [0.25, 0.3) is 0 Å². The number of benzene rings is 1. The SMILES string of the molecule is CCCC1CCN(CC(=O)c2cccc([N+](=O)[O-])c2)C1. The van der Waals surface area contributed by atoms with E-state index in [0.717, 1.165) is 19.5 Å². The molecule has 1 atom stereocenters. The summed E-state index contributed by atoms with van der Waals surface area (Å²) in [6, 6.07) is 5.98. The summed E-state index contributed by atoms with van der Waals surface area (Å²) in [4.78, 5) is 24.6. The predicted molar refractivity (Wildman–Crippen MR) is 76.9 cm³/mol. The van der Waals surface area contributed by atoms with Gasteiger partial charge < -0.3 is 0 Å². The molecule has 0 amide bonds. The van der Waals surface area contributed by atoms with Gasteiger partial charge in [0.05, 0.1) is 11.5 Å². The van der Waals surface area contributed by atoms with Crippen LogP contribution >= 0.6 is 0 Å². The minimum Gasteiger partial charge on any atom is -0.296 e. The molecule has 1 aliphatic rings. The lowest BCUT2D eigenvalue weighted by Gasteiger charge is -2.14. The summed E-state index contributed by atoms with van der Waals surface area (Å²) in [6.45, 7) is 4.46. The number of nitro benzene ring substituents is 1. The van der Waals surface area contributed by atoms with Crippen LogP contribution in [-0.2, 0) is 0 Å².